The minimum absolute atomic E-state index is 0.0345. The van der Waals surface area contributed by atoms with Crippen LogP contribution in [0, 0.1) is 11.3 Å². The summed E-state index contributed by atoms with van der Waals surface area (Å²) in [6.45, 7) is 3.08. The molecule has 12 heavy (non-hydrogen) atoms. The molecule has 0 unspecified atom stereocenters. The first-order valence-corrected chi connectivity index (χ1v) is 3.92. The number of rotatable bonds is 3. The minimum Gasteiger partial charge on any atom is -0.300 e. The molecule has 0 aliphatic rings. The summed E-state index contributed by atoms with van der Waals surface area (Å²) < 4.78 is 3.16. The topological polar surface area (TPSA) is 50.7 Å². The van der Waals surface area contributed by atoms with Crippen molar-refractivity contribution < 1.29 is 0 Å². The molecule has 0 radical (unpaired) electrons. The van der Waals surface area contributed by atoms with E-state index >= 15 is 0 Å². The zero-order chi connectivity index (χ0) is 8.97. The van der Waals surface area contributed by atoms with Gasteiger partial charge in [0.05, 0.1) is 12.5 Å². The third-order valence-electron chi connectivity index (χ3n) is 1.72. The smallest absolute Gasteiger partial charge is 0.300 e. The molecule has 0 aliphatic heterocycles. The van der Waals surface area contributed by atoms with Crippen LogP contribution in [-0.2, 0) is 13.1 Å². The molecule has 0 fully saturated rings. The van der Waals surface area contributed by atoms with Crippen molar-refractivity contribution in [2.24, 2.45) is 0 Å². The Labute approximate surface area is 70.7 Å². The maximum Gasteiger partial charge on any atom is 0.328 e. The van der Waals surface area contributed by atoms with Crippen LogP contribution in [0.25, 0.3) is 0 Å². The van der Waals surface area contributed by atoms with Crippen molar-refractivity contribution in [1.82, 2.24) is 9.13 Å². The Bertz CT molecular complexity index is 342. The van der Waals surface area contributed by atoms with Gasteiger partial charge in [0, 0.05) is 25.5 Å². The molecule has 1 rings (SSSR count). The Hall–Kier alpha value is -1.50. The van der Waals surface area contributed by atoms with E-state index in [0.29, 0.717) is 19.5 Å². The maximum atomic E-state index is 11.3. The van der Waals surface area contributed by atoms with Crippen LogP contribution in [0.3, 0.4) is 0 Å². The first-order valence-electron chi connectivity index (χ1n) is 3.92. The lowest BCUT2D eigenvalue weighted by Gasteiger charge is -1.95. The van der Waals surface area contributed by atoms with Crippen molar-refractivity contribution >= 4 is 0 Å². The number of nitrogens with zero attached hydrogens (tertiary/aromatic N) is 3. The van der Waals surface area contributed by atoms with Crippen LogP contribution in [0.15, 0.2) is 17.2 Å². The van der Waals surface area contributed by atoms with Gasteiger partial charge in [-0.05, 0) is 6.92 Å². The van der Waals surface area contributed by atoms with Crippen molar-refractivity contribution in [2.75, 3.05) is 0 Å². The van der Waals surface area contributed by atoms with E-state index in [0.717, 1.165) is 0 Å². The largest absolute Gasteiger partial charge is 0.328 e. The van der Waals surface area contributed by atoms with Crippen molar-refractivity contribution in [3.63, 3.8) is 0 Å². The molecule has 0 bridgehead atoms. The van der Waals surface area contributed by atoms with Crippen molar-refractivity contribution in [3.8, 4) is 6.07 Å². The molecular weight excluding hydrogens is 154 g/mol. The Morgan fingerprint density at radius 3 is 2.67 bits per heavy atom. The van der Waals surface area contributed by atoms with E-state index in [1.165, 1.54) is 0 Å². The third kappa shape index (κ3) is 1.56. The van der Waals surface area contributed by atoms with Crippen LogP contribution in [-0.4, -0.2) is 9.13 Å². The van der Waals surface area contributed by atoms with Gasteiger partial charge in [0.1, 0.15) is 0 Å². The highest BCUT2D eigenvalue weighted by Gasteiger charge is 1.99. The van der Waals surface area contributed by atoms with Crippen LogP contribution >= 0.6 is 0 Å². The van der Waals surface area contributed by atoms with E-state index in [-0.39, 0.29) is 5.69 Å². The van der Waals surface area contributed by atoms with Gasteiger partial charge in [0.25, 0.3) is 0 Å². The molecule has 0 amide bonds. The number of imidazole rings is 1. The van der Waals surface area contributed by atoms with Crippen molar-refractivity contribution in [3.05, 3.63) is 22.9 Å². The molecule has 1 aromatic rings. The predicted molar refractivity (Wildman–Crippen MR) is 44.6 cm³/mol. The number of hydrogen-bond donors (Lipinski definition) is 0. The highest BCUT2D eigenvalue weighted by Crippen LogP contribution is 1.87. The SMILES string of the molecule is CCn1ccn(CCC#N)c1=O. The summed E-state index contributed by atoms with van der Waals surface area (Å²) in [6.07, 6.45) is 3.83. The second kappa shape index (κ2) is 3.77. The molecule has 4 heteroatoms. The van der Waals surface area contributed by atoms with E-state index in [4.69, 9.17) is 5.26 Å². The van der Waals surface area contributed by atoms with Gasteiger partial charge < -0.3 is 0 Å². The molecule has 0 aliphatic carbocycles. The fraction of sp³-hybridized carbons (Fsp3) is 0.500. The normalized spacial score (nSPS) is 9.67. The third-order valence-corrected chi connectivity index (χ3v) is 1.72. The number of hydrogen-bond acceptors (Lipinski definition) is 2. The lowest BCUT2D eigenvalue weighted by atomic mass is 10.5. The van der Waals surface area contributed by atoms with E-state index < -0.39 is 0 Å². The fourth-order valence-electron chi connectivity index (χ4n) is 1.03. The summed E-state index contributed by atoms with van der Waals surface area (Å²) in [5, 5.41) is 8.31. The molecular formula is C8H11N3O. The lowest BCUT2D eigenvalue weighted by molar-refractivity contribution is 0.635. The molecule has 1 aromatic heterocycles. The second-order valence-corrected chi connectivity index (χ2v) is 2.47. The summed E-state index contributed by atoms with van der Waals surface area (Å²) in [6, 6.07) is 2.00. The van der Waals surface area contributed by atoms with Gasteiger partial charge in [-0.25, -0.2) is 4.79 Å². The maximum absolute atomic E-state index is 11.3. The van der Waals surface area contributed by atoms with E-state index in [9.17, 15) is 4.79 Å². The van der Waals surface area contributed by atoms with Crippen LogP contribution < -0.4 is 5.69 Å². The molecule has 0 N–H and O–H groups in total. The first kappa shape index (κ1) is 8.60. The van der Waals surface area contributed by atoms with Gasteiger partial charge in [-0.3, -0.25) is 9.13 Å². The van der Waals surface area contributed by atoms with Crippen LogP contribution in [0.2, 0.25) is 0 Å². The molecule has 0 spiro atoms. The molecule has 64 valence electrons. The quantitative estimate of drug-likeness (QED) is 0.658. The number of aryl methyl sites for hydroxylation is 2. The number of aromatic nitrogens is 2. The second-order valence-electron chi connectivity index (χ2n) is 2.47. The predicted octanol–water partition coefficient (Wildman–Crippen LogP) is 0.583. The van der Waals surface area contributed by atoms with Crippen LogP contribution in [0.1, 0.15) is 13.3 Å². The Morgan fingerprint density at radius 1 is 1.50 bits per heavy atom. The van der Waals surface area contributed by atoms with Gasteiger partial charge in [-0.1, -0.05) is 0 Å². The van der Waals surface area contributed by atoms with Gasteiger partial charge in [0.15, 0.2) is 0 Å². The van der Waals surface area contributed by atoms with E-state index in [1.807, 2.05) is 13.0 Å². The summed E-state index contributed by atoms with van der Waals surface area (Å²) in [5.74, 6) is 0. The monoisotopic (exact) mass is 165 g/mol. The van der Waals surface area contributed by atoms with Crippen molar-refractivity contribution in [1.29, 1.82) is 5.26 Å². The minimum atomic E-state index is -0.0345. The average Bonchev–Trinajstić information content (AvgIpc) is 2.43. The first-order chi connectivity index (χ1) is 5.79. The average molecular weight is 165 g/mol. The zero-order valence-electron chi connectivity index (χ0n) is 7.03. The standard InChI is InChI=1S/C8H11N3O/c1-2-10-6-7-11(8(10)12)5-3-4-9/h6-7H,2-3,5H2,1H3. The number of nitriles is 1. The molecule has 0 saturated heterocycles. The summed E-state index contributed by atoms with van der Waals surface area (Å²) in [7, 11) is 0. The van der Waals surface area contributed by atoms with Crippen LogP contribution in [0.5, 0.6) is 0 Å². The van der Waals surface area contributed by atoms with Gasteiger partial charge >= 0.3 is 5.69 Å². The van der Waals surface area contributed by atoms with Gasteiger partial charge in [-0.15, -0.1) is 0 Å². The molecule has 0 saturated carbocycles. The Kier molecular flexibility index (Phi) is 2.70. The van der Waals surface area contributed by atoms with Gasteiger partial charge in [-0.2, -0.15) is 5.26 Å². The Morgan fingerprint density at radius 2 is 2.17 bits per heavy atom. The highest BCUT2D eigenvalue weighted by atomic mass is 16.1. The molecule has 0 aromatic carbocycles. The molecule has 0 atom stereocenters. The zero-order valence-corrected chi connectivity index (χ0v) is 7.03. The molecule has 4 nitrogen and oxygen atoms in total. The fourth-order valence-corrected chi connectivity index (χ4v) is 1.03. The van der Waals surface area contributed by atoms with E-state index in [1.54, 1.807) is 21.5 Å². The van der Waals surface area contributed by atoms with Crippen LogP contribution in [0.4, 0.5) is 0 Å². The molecule has 1 heterocycles. The lowest BCUT2D eigenvalue weighted by Crippen LogP contribution is -2.23. The summed E-state index contributed by atoms with van der Waals surface area (Å²) in [5.41, 5.74) is -0.0345. The van der Waals surface area contributed by atoms with Crippen molar-refractivity contribution in [2.45, 2.75) is 26.4 Å². The van der Waals surface area contributed by atoms with E-state index in [2.05, 4.69) is 0 Å². The van der Waals surface area contributed by atoms with Gasteiger partial charge in [0.2, 0.25) is 0 Å². The summed E-state index contributed by atoms with van der Waals surface area (Å²) in [4.78, 5) is 11.3. The Balaban J connectivity index is 2.82. The highest BCUT2D eigenvalue weighted by molar-refractivity contribution is 4.82. The summed E-state index contributed by atoms with van der Waals surface area (Å²) >= 11 is 0.